The summed E-state index contributed by atoms with van der Waals surface area (Å²) in [6, 6.07) is 4.59. The Hall–Kier alpha value is -2.01. The third-order valence-electron chi connectivity index (χ3n) is 1.62. The van der Waals surface area contributed by atoms with Gasteiger partial charge in [0.05, 0.1) is 24.1 Å². The number of nitrogens with zero attached hydrogens (tertiary/aromatic N) is 3. The largest absolute Gasteiger partial charge is 0.280 e. The highest BCUT2D eigenvalue weighted by molar-refractivity contribution is 5.38. The highest BCUT2D eigenvalue weighted by Crippen LogP contribution is 2.18. The van der Waals surface area contributed by atoms with E-state index in [0.29, 0.717) is 5.56 Å². The third-order valence-corrected chi connectivity index (χ3v) is 1.62. The fraction of sp³-hybridized carbons (Fsp3) is 0.222. The molecule has 0 radical (unpaired) electrons. The number of hydrogen-bond acceptors (Lipinski definition) is 3. The topological polar surface area (TPSA) is 60.5 Å². The summed E-state index contributed by atoms with van der Waals surface area (Å²) in [7, 11) is 0. The van der Waals surface area contributed by atoms with Crippen molar-refractivity contribution in [2.75, 3.05) is 0 Å². The van der Waals surface area contributed by atoms with E-state index in [0.717, 1.165) is 12.3 Å². The Morgan fingerprint density at radius 2 is 2.14 bits per heavy atom. The number of hydrogen-bond donors (Lipinski definition) is 0. The summed E-state index contributed by atoms with van der Waals surface area (Å²) in [5.74, 6) is 0. The van der Waals surface area contributed by atoms with Crippen LogP contribution in [0.4, 0.5) is 8.78 Å². The molecule has 0 saturated carbocycles. The standard InChI is InChI=1S/C9H5F2N3/c10-9(11)8-3-7(4-13)6(1-2-12)5-14-8/h3,5,9H,1H2. The van der Waals surface area contributed by atoms with Gasteiger partial charge in [-0.2, -0.15) is 10.5 Å². The Balaban J connectivity index is 3.15. The Morgan fingerprint density at radius 3 is 2.64 bits per heavy atom. The summed E-state index contributed by atoms with van der Waals surface area (Å²) >= 11 is 0. The maximum atomic E-state index is 12.2. The van der Waals surface area contributed by atoms with Gasteiger partial charge in [0.2, 0.25) is 0 Å². The van der Waals surface area contributed by atoms with Crippen molar-refractivity contribution >= 4 is 0 Å². The molecule has 0 atom stereocenters. The normalized spacial score (nSPS) is 9.50. The second kappa shape index (κ2) is 4.29. The minimum atomic E-state index is -2.70. The molecule has 0 aliphatic rings. The molecule has 0 saturated heterocycles. The van der Waals surface area contributed by atoms with Crippen molar-refractivity contribution in [1.29, 1.82) is 10.5 Å². The van der Waals surface area contributed by atoms with Crippen LogP contribution in [0.15, 0.2) is 12.3 Å². The van der Waals surface area contributed by atoms with Crippen LogP contribution in [0, 0.1) is 22.7 Å². The average Bonchev–Trinajstić information content (AvgIpc) is 2.18. The molecular formula is C9H5F2N3. The first-order valence-corrected chi connectivity index (χ1v) is 3.73. The first kappa shape index (κ1) is 10.1. The van der Waals surface area contributed by atoms with Crippen LogP contribution in [-0.4, -0.2) is 4.98 Å². The highest BCUT2D eigenvalue weighted by Gasteiger charge is 2.11. The van der Waals surface area contributed by atoms with Crippen molar-refractivity contribution in [3.63, 3.8) is 0 Å². The zero-order valence-electron chi connectivity index (χ0n) is 7.04. The molecule has 3 nitrogen and oxygen atoms in total. The number of rotatable bonds is 2. The molecule has 0 spiro atoms. The zero-order chi connectivity index (χ0) is 10.6. The van der Waals surface area contributed by atoms with Gasteiger partial charge in [0.1, 0.15) is 5.69 Å². The zero-order valence-corrected chi connectivity index (χ0v) is 7.04. The second-order valence-corrected chi connectivity index (χ2v) is 2.51. The molecule has 1 aromatic rings. The molecule has 0 N–H and O–H groups in total. The van der Waals surface area contributed by atoms with E-state index < -0.39 is 12.1 Å². The van der Waals surface area contributed by atoms with Crippen LogP contribution in [0.3, 0.4) is 0 Å². The molecule has 1 rings (SSSR count). The van der Waals surface area contributed by atoms with E-state index in [1.807, 2.05) is 6.07 Å². The third kappa shape index (κ3) is 2.02. The van der Waals surface area contributed by atoms with Crippen LogP contribution < -0.4 is 0 Å². The van der Waals surface area contributed by atoms with Gasteiger partial charge in [0.15, 0.2) is 0 Å². The monoisotopic (exact) mass is 193 g/mol. The Labute approximate surface area is 79.2 Å². The minimum absolute atomic E-state index is 0.000584. The molecule has 0 fully saturated rings. The predicted octanol–water partition coefficient (Wildman–Crippen LogP) is 1.96. The van der Waals surface area contributed by atoms with Gasteiger partial charge in [0, 0.05) is 11.8 Å². The van der Waals surface area contributed by atoms with Gasteiger partial charge in [-0.25, -0.2) is 8.78 Å². The smallest absolute Gasteiger partial charge is 0.255 e. The molecule has 1 heterocycles. The van der Waals surface area contributed by atoms with Crippen molar-refractivity contribution in [1.82, 2.24) is 4.98 Å². The van der Waals surface area contributed by atoms with E-state index in [9.17, 15) is 8.78 Å². The molecule has 0 unspecified atom stereocenters. The molecule has 0 bridgehead atoms. The van der Waals surface area contributed by atoms with Gasteiger partial charge in [0.25, 0.3) is 6.43 Å². The number of nitriles is 2. The average molecular weight is 193 g/mol. The summed E-state index contributed by atoms with van der Waals surface area (Å²) in [5, 5.41) is 17.0. The van der Waals surface area contributed by atoms with Gasteiger partial charge in [-0.3, -0.25) is 4.98 Å². The molecular weight excluding hydrogens is 188 g/mol. The van der Waals surface area contributed by atoms with E-state index in [1.165, 1.54) is 0 Å². The van der Waals surface area contributed by atoms with Crippen LogP contribution >= 0.6 is 0 Å². The lowest BCUT2D eigenvalue weighted by molar-refractivity contribution is 0.146. The van der Waals surface area contributed by atoms with E-state index in [4.69, 9.17) is 10.5 Å². The minimum Gasteiger partial charge on any atom is -0.255 e. The van der Waals surface area contributed by atoms with Crippen LogP contribution in [-0.2, 0) is 6.42 Å². The fourth-order valence-corrected chi connectivity index (χ4v) is 0.949. The lowest BCUT2D eigenvalue weighted by atomic mass is 10.1. The van der Waals surface area contributed by atoms with Gasteiger partial charge in [-0.1, -0.05) is 0 Å². The second-order valence-electron chi connectivity index (χ2n) is 2.51. The van der Waals surface area contributed by atoms with E-state index in [1.54, 1.807) is 6.07 Å². The maximum absolute atomic E-state index is 12.2. The van der Waals surface area contributed by atoms with Crippen molar-refractivity contribution in [3.8, 4) is 12.1 Å². The number of halogens is 2. The first-order chi connectivity index (χ1) is 6.69. The fourth-order valence-electron chi connectivity index (χ4n) is 0.949. The lowest BCUT2D eigenvalue weighted by Gasteiger charge is -2.01. The number of aromatic nitrogens is 1. The lowest BCUT2D eigenvalue weighted by Crippen LogP contribution is -1.96. The SMILES string of the molecule is N#CCc1cnc(C(F)F)cc1C#N. The number of alkyl halides is 2. The molecule has 0 aliphatic carbocycles. The van der Waals surface area contributed by atoms with Crippen molar-refractivity contribution < 1.29 is 8.78 Å². The molecule has 0 amide bonds. The van der Waals surface area contributed by atoms with Crippen molar-refractivity contribution in [3.05, 3.63) is 29.1 Å². The summed E-state index contributed by atoms with van der Waals surface area (Å²) < 4.78 is 24.3. The molecule has 0 aromatic carbocycles. The van der Waals surface area contributed by atoms with Gasteiger partial charge < -0.3 is 0 Å². The first-order valence-electron chi connectivity index (χ1n) is 3.73. The number of pyridine rings is 1. The van der Waals surface area contributed by atoms with Gasteiger partial charge in [-0.05, 0) is 6.07 Å². The van der Waals surface area contributed by atoms with Gasteiger partial charge in [-0.15, -0.1) is 0 Å². The van der Waals surface area contributed by atoms with Gasteiger partial charge >= 0.3 is 0 Å². The molecule has 70 valence electrons. The quantitative estimate of drug-likeness (QED) is 0.721. The van der Waals surface area contributed by atoms with Crippen LogP contribution in [0.5, 0.6) is 0 Å². The van der Waals surface area contributed by atoms with Crippen LogP contribution in [0.1, 0.15) is 23.2 Å². The molecule has 0 aliphatic heterocycles. The summed E-state index contributed by atoms with van der Waals surface area (Å²) in [5.41, 5.74) is 0.0134. The van der Waals surface area contributed by atoms with Crippen LogP contribution in [0.25, 0.3) is 0 Å². The van der Waals surface area contributed by atoms with E-state index in [-0.39, 0.29) is 12.0 Å². The maximum Gasteiger partial charge on any atom is 0.280 e. The summed E-state index contributed by atoms with van der Waals surface area (Å²) in [6.45, 7) is 0. The summed E-state index contributed by atoms with van der Waals surface area (Å²) in [6.07, 6.45) is -1.55. The van der Waals surface area contributed by atoms with E-state index in [2.05, 4.69) is 4.98 Å². The molecule has 1 aromatic heterocycles. The molecule has 5 heteroatoms. The Bertz CT molecular complexity index is 415. The predicted molar refractivity (Wildman–Crippen MR) is 43.2 cm³/mol. The Kier molecular flexibility index (Phi) is 3.09. The highest BCUT2D eigenvalue weighted by atomic mass is 19.3. The molecule has 14 heavy (non-hydrogen) atoms. The summed E-state index contributed by atoms with van der Waals surface area (Å²) in [4.78, 5) is 3.45. The van der Waals surface area contributed by atoms with Crippen LogP contribution in [0.2, 0.25) is 0 Å². The van der Waals surface area contributed by atoms with Crippen molar-refractivity contribution in [2.24, 2.45) is 0 Å². The Morgan fingerprint density at radius 1 is 1.43 bits per heavy atom. The van der Waals surface area contributed by atoms with E-state index >= 15 is 0 Å². The van der Waals surface area contributed by atoms with Crippen molar-refractivity contribution in [2.45, 2.75) is 12.8 Å².